The number of carbonyl (C=O) groups is 4. The highest BCUT2D eigenvalue weighted by molar-refractivity contribution is 6.05. The quantitative estimate of drug-likeness (QED) is 0.506. The second kappa shape index (κ2) is 10.5. The first-order valence-corrected chi connectivity index (χ1v) is 10.4. The Balaban J connectivity index is 1.47. The molecule has 0 radical (unpaired) electrons. The molecule has 0 aromatic heterocycles. The number of carbonyl (C=O) groups excluding carboxylic acids is 4. The molecule has 1 unspecified atom stereocenters. The first-order chi connectivity index (χ1) is 15.3. The molecule has 0 bridgehead atoms. The minimum atomic E-state index is -1.08. The number of amides is 2. The van der Waals surface area contributed by atoms with E-state index in [9.17, 15) is 19.2 Å². The van der Waals surface area contributed by atoms with Gasteiger partial charge in [0.05, 0.1) is 24.4 Å². The number of hydrogen-bond donors (Lipinski definition) is 1. The number of benzene rings is 2. The van der Waals surface area contributed by atoms with E-state index in [2.05, 4.69) is 10.4 Å². The van der Waals surface area contributed by atoms with E-state index >= 15 is 0 Å². The summed E-state index contributed by atoms with van der Waals surface area (Å²) in [4.78, 5) is 48.5. The summed E-state index contributed by atoms with van der Waals surface area (Å²) in [5.74, 6) is -1.69. The molecule has 2 aromatic carbocycles. The fraction of sp³-hybridized carbons (Fsp3) is 0.292. The van der Waals surface area contributed by atoms with Crippen molar-refractivity contribution in [2.45, 2.75) is 39.2 Å². The zero-order valence-corrected chi connectivity index (χ0v) is 18.0. The average Bonchev–Trinajstić information content (AvgIpc) is 3.28. The van der Waals surface area contributed by atoms with Gasteiger partial charge in [0.2, 0.25) is 5.91 Å². The number of Topliss-reactive ketones (excluding diaryl/α,β-unsaturated/α-hetero) is 1. The van der Waals surface area contributed by atoms with Crippen molar-refractivity contribution < 1.29 is 23.9 Å². The Hall–Kier alpha value is -3.81. The van der Waals surface area contributed by atoms with Crippen LogP contribution in [0.15, 0.2) is 59.7 Å². The van der Waals surface area contributed by atoms with Gasteiger partial charge in [0.25, 0.3) is 5.91 Å². The Morgan fingerprint density at radius 1 is 1.03 bits per heavy atom. The maximum absolute atomic E-state index is 12.4. The number of anilines is 1. The van der Waals surface area contributed by atoms with Crippen LogP contribution in [0, 0.1) is 0 Å². The standard InChI is InChI=1S/C24H25N3O5/c1-16(28)19-10-6-7-11-21(19)25-24(31)17(2)32-23(30)13-12-22(29)27-15-14-20(26-27)18-8-4-3-5-9-18/h3-11,17H,12-15H2,1-2H3,(H,25,31). The number of hydrogen-bond acceptors (Lipinski definition) is 6. The lowest BCUT2D eigenvalue weighted by atomic mass is 10.1. The Labute approximate surface area is 186 Å². The lowest BCUT2D eigenvalue weighted by Crippen LogP contribution is -2.31. The van der Waals surface area contributed by atoms with E-state index in [0.29, 0.717) is 24.2 Å². The first-order valence-electron chi connectivity index (χ1n) is 10.4. The topological polar surface area (TPSA) is 105 Å². The number of hydrazone groups is 1. The third-order valence-electron chi connectivity index (χ3n) is 4.98. The molecule has 0 fully saturated rings. The highest BCUT2D eigenvalue weighted by atomic mass is 16.5. The Kier molecular flexibility index (Phi) is 7.49. The molecule has 166 valence electrons. The summed E-state index contributed by atoms with van der Waals surface area (Å²) in [6.45, 7) is 3.30. The van der Waals surface area contributed by atoms with Gasteiger partial charge in [-0.3, -0.25) is 19.2 Å². The minimum absolute atomic E-state index is 0.0636. The van der Waals surface area contributed by atoms with Crippen LogP contribution in [0.3, 0.4) is 0 Å². The van der Waals surface area contributed by atoms with E-state index in [1.807, 2.05) is 30.3 Å². The van der Waals surface area contributed by atoms with Gasteiger partial charge < -0.3 is 10.1 Å². The lowest BCUT2D eigenvalue weighted by molar-refractivity contribution is -0.154. The molecule has 0 spiro atoms. The largest absolute Gasteiger partial charge is 0.453 e. The predicted molar refractivity (Wildman–Crippen MR) is 119 cm³/mol. The molecule has 8 heteroatoms. The highest BCUT2D eigenvalue weighted by Gasteiger charge is 2.24. The van der Waals surface area contributed by atoms with Gasteiger partial charge in [-0.05, 0) is 31.5 Å². The predicted octanol–water partition coefficient (Wildman–Crippen LogP) is 3.18. The first kappa shape index (κ1) is 22.9. The summed E-state index contributed by atoms with van der Waals surface area (Å²) < 4.78 is 5.15. The molecule has 2 aromatic rings. The fourth-order valence-corrected chi connectivity index (χ4v) is 3.25. The molecule has 1 heterocycles. The molecule has 3 rings (SSSR count). The number of rotatable bonds is 8. The zero-order chi connectivity index (χ0) is 23.1. The van der Waals surface area contributed by atoms with Gasteiger partial charge in [-0.15, -0.1) is 0 Å². The summed E-state index contributed by atoms with van der Waals surface area (Å²) in [5, 5.41) is 8.31. The van der Waals surface area contributed by atoms with Gasteiger partial charge in [0.15, 0.2) is 11.9 Å². The molecule has 0 saturated heterocycles. The maximum atomic E-state index is 12.4. The molecule has 1 aliphatic rings. The van der Waals surface area contributed by atoms with Crippen molar-refractivity contribution in [3.8, 4) is 0 Å². The van der Waals surface area contributed by atoms with Crippen molar-refractivity contribution in [1.82, 2.24) is 5.01 Å². The van der Waals surface area contributed by atoms with E-state index in [4.69, 9.17) is 4.74 Å². The summed E-state index contributed by atoms with van der Waals surface area (Å²) >= 11 is 0. The van der Waals surface area contributed by atoms with E-state index in [0.717, 1.165) is 11.3 Å². The fourth-order valence-electron chi connectivity index (χ4n) is 3.25. The second-order valence-corrected chi connectivity index (χ2v) is 7.40. The SMILES string of the molecule is CC(=O)c1ccccc1NC(=O)C(C)OC(=O)CCC(=O)N1CCC(c2ccccc2)=N1. The molecule has 32 heavy (non-hydrogen) atoms. The summed E-state index contributed by atoms with van der Waals surface area (Å²) in [5.41, 5.74) is 2.52. The smallest absolute Gasteiger partial charge is 0.307 e. The highest BCUT2D eigenvalue weighted by Crippen LogP contribution is 2.17. The molecule has 8 nitrogen and oxygen atoms in total. The number of esters is 1. The van der Waals surface area contributed by atoms with Crippen LogP contribution in [0.4, 0.5) is 5.69 Å². The Morgan fingerprint density at radius 2 is 1.72 bits per heavy atom. The van der Waals surface area contributed by atoms with E-state index in [1.54, 1.807) is 24.3 Å². The van der Waals surface area contributed by atoms with Crippen molar-refractivity contribution in [2.75, 3.05) is 11.9 Å². The third-order valence-corrected chi connectivity index (χ3v) is 4.98. The van der Waals surface area contributed by atoms with Crippen molar-refractivity contribution >= 4 is 35.0 Å². The number of nitrogens with one attached hydrogen (secondary N) is 1. The number of nitrogens with zero attached hydrogens (tertiary/aromatic N) is 2. The van der Waals surface area contributed by atoms with Gasteiger partial charge in [-0.25, -0.2) is 5.01 Å². The lowest BCUT2D eigenvalue weighted by Gasteiger charge is -2.15. The summed E-state index contributed by atoms with van der Waals surface area (Å²) in [6.07, 6.45) is -0.648. The van der Waals surface area contributed by atoms with Crippen LogP contribution in [0.2, 0.25) is 0 Å². The Bertz CT molecular complexity index is 1050. The van der Waals surface area contributed by atoms with E-state index in [1.165, 1.54) is 18.9 Å². The van der Waals surface area contributed by atoms with Gasteiger partial charge in [0.1, 0.15) is 0 Å². The van der Waals surface area contributed by atoms with Gasteiger partial charge >= 0.3 is 5.97 Å². The van der Waals surface area contributed by atoms with Crippen molar-refractivity contribution in [3.05, 3.63) is 65.7 Å². The second-order valence-electron chi connectivity index (χ2n) is 7.40. The zero-order valence-electron chi connectivity index (χ0n) is 18.0. The van der Waals surface area contributed by atoms with E-state index in [-0.39, 0.29) is 24.5 Å². The van der Waals surface area contributed by atoms with Crippen molar-refractivity contribution in [1.29, 1.82) is 0 Å². The van der Waals surface area contributed by atoms with E-state index < -0.39 is 18.0 Å². The molecule has 1 aliphatic heterocycles. The number of ether oxygens (including phenoxy) is 1. The molecule has 0 aliphatic carbocycles. The van der Waals surface area contributed by atoms with Crippen LogP contribution in [0.1, 0.15) is 49.0 Å². The van der Waals surface area contributed by atoms with Crippen molar-refractivity contribution in [3.63, 3.8) is 0 Å². The molecule has 0 saturated carbocycles. The van der Waals surface area contributed by atoms with Crippen LogP contribution >= 0.6 is 0 Å². The minimum Gasteiger partial charge on any atom is -0.453 e. The monoisotopic (exact) mass is 435 g/mol. The number of ketones is 1. The van der Waals surface area contributed by atoms with Crippen LogP contribution in [-0.2, 0) is 19.1 Å². The van der Waals surface area contributed by atoms with Gasteiger partial charge in [-0.1, -0.05) is 42.5 Å². The van der Waals surface area contributed by atoms with Gasteiger partial charge in [-0.2, -0.15) is 5.10 Å². The van der Waals surface area contributed by atoms with Crippen LogP contribution in [-0.4, -0.2) is 46.9 Å². The Morgan fingerprint density at radius 3 is 2.44 bits per heavy atom. The maximum Gasteiger partial charge on any atom is 0.307 e. The average molecular weight is 435 g/mol. The molecular weight excluding hydrogens is 410 g/mol. The molecule has 1 atom stereocenters. The third kappa shape index (κ3) is 5.87. The molecule has 1 N–H and O–H groups in total. The summed E-state index contributed by atoms with van der Waals surface area (Å²) in [7, 11) is 0. The number of para-hydroxylation sites is 1. The van der Waals surface area contributed by atoms with Crippen LogP contribution < -0.4 is 5.32 Å². The molecule has 2 amide bonds. The van der Waals surface area contributed by atoms with Crippen molar-refractivity contribution in [2.24, 2.45) is 5.10 Å². The van der Waals surface area contributed by atoms with Gasteiger partial charge in [0, 0.05) is 18.4 Å². The van der Waals surface area contributed by atoms with Crippen LogP contribution in [0.5, 0.6) is 0 Å². The molecular formula is C24H25N3O5. The van der Waals surface area contributed by atoms with Crippen LogP contribution in [0.25, 0.3) is 0 Å². The normalized spacial score (nSPS) is 13.8. The summed E-state index contributed by atoms with van der Waals surface area (Å²) in [6, 6.07) is 16.2.